The van der Waals surface area contributed by atoms with Gasteiger partial charge in [-0.2, -0.15) is 0 Å². The first-order chi connectivity index (χ1) is 14.0. The molecule has 0 spiro atoms. The molecule has 8 heteroatoms. The van der Waals surface area contributed by atoms with Gasteiger partial charge in [-0.25, -0.2) is 14.4 Å². The molecule has 0 radical (unpaired) electrons. The molecule has 0 bridgehead atoms. The van der Waals surface area contributed by atoms with Gasteiger partial charge in [-0.3, -0.25) is 4.79 Å². The maximum Gasteiger partial charge on any atom is 0.251 e. The number of aromatic nitrogens is 2. The fourth-order valence-electron chi connectivity index (χ4n) is 3.23. The van der Waals surface area contributed by atoms with Gasteiger partial charge in [-0.05, 0) is 42.7 Å². The first-order valence-corrected chi connectivity index (χ1v) is 9.34. The number of methoxy groups -OCH3 is 1. The molecule has 1 fully saturated rings. The van der Waals surface area contributed by atoms with Crippen LogP contribution in [0.2, 0.25) is 0 Å². The molecule has 1 amide bonds. The number of halogens is 1. The first-order valence-electron chi connectivity index (χ1n) is 9.34. The van der Waals surface area contributed by atoms with E-state index in [-0.39, 0.29) is 30.3 Å². The van der Waals surface area contributed by atoms with Gasteiger partial charge in [-0.15, -0.1) is 0 Å². The van der Waals surface area contributed by atoms with Gasteiger partial charge in [0.05, 0.1) is 18.7 Å². The Hall–Kier alpha value is -3.26. The van der Waals surface area contributed by atoms with Gasteiger partial charge in [0.2, 0.25) is 5.95 Å². The minimum atomic E-state index is -0.472. The van der Waals surface area contributed by atoms with Crippen LogP contribution in [-0.4, -0.2) is 40.2 Å². The highest BCUT2D eigenvalue weighted by molar-refractivity contribution is 5.97. The van der Waals surface area contributed by atoms with Crippen molar-refractivity contribution in [1.29, 1.82) is 0 Å². The van der Waals surface area contributed by atoms with Crippen molar-refractivity contribution < 1.29 is 19.0 Å². The topological polar surface area (TPSA) is 96.4 Å². The van der Waals surface area contributed by atoms with Crippen LogP contribution in [0, 0.1) is 5.82 Å². The fourth-order valence-corrected chi connectivity index (χ4v) is 3.23. The first kappa shape index (κ1) is 19.1. The lowest BCUT2D eigenvalue weighted by Crippen LogP contribution is -2.39. The third-order valence-corrected chi connectivity index (χ3v) is 4.96. The number of anilines is 1. The smallest absolute Gasteiger partial charge is 0.251 e. The molecule has 3 aromatic rings. The van der Waals surface area contributed by atoms with Crippen LogP contribution in [-0.2, 0) is 6.54 Å². The summed E-state index contributed by atoms with van der Waals surface area (Å²) in [6.45, 7) is 0.193. The van der Waals surface area contributed by atoms with Crippen LogP contribution in [0.25, 0.3) is 10.9 Å². The molecule has 1 aliphatic carbocycles. The van der Waals surface area contributed by atoms with Crippen LogP contribution in [0.3, 0.4) is 0 Å². The maximum atomic E-state index is 13.8. The summed E-state index contributed by atoms with van der Waals surface area (Å²) in [6.07, 6.45) is 2.79. The second kappa shape index (κ2) is 8.00. The summed E-state index contributed by atoms with van der Waals surface area (Å²) < 4.78 is 18.7. The number of nitrogens with zero attached hydrogens (tertiary/aromatic N) is 2. The number of hydrogen-bond acceptors (Lipinski definition) is 6. The minimum absolute atomic E-state index is 0.162. The highest BCUT2D eigenvalue weighted by Crippen LogP contribution is 2.23. The number of amides is 1. The van der Waals surface area contributed by atoms with E-state index in [9.17, 15) is 14.3 Å². The number of nitrogens with one attached hydrogen (secondary N) is 2. The standard InChI is InChI=1S/C21H21FN4O3/c1-29-19-5-2-12(6-17(19)22)10-23-20(28)13-3-4-14-11-24-21(26-18(14)7-13)25-15-8-16(27)9-15/h2-7,11,15-16,27H,8-10H2,1H3,(H,23,28)(H,24,25,26). The summed E-state index contributed by atoms with van der Waals surface area (Å²) in [7, 11) is 1.40. The SMILES string of the molecule is COc1ccc(CNC(=O)c2ccc3cnc(NC4CC(O)C4)nc3c2)cc1F. The molecule has 0 atom stereocenters. The zero-order chi connectivity index (χ0) is 20.4. The van der Waals surface area contributed by atoms with Crippen molar-refractivity contribution in [1.82, 2.24) is 15.3 Å². The second-order valence-electron chi connectivity index (χ2n) is 7.09. The Labute approximate surface area is 166 Å². The highest BCUT2D eigenvalue weighted by Gasteiger charge is 2.27. The number of hydrogen-bond donors (Lipinski definition) is 3. The van der Waals surface area contributed by atoms with Crippen molar-refractivity contribution in [3.05, 3.63) is 59.5 Å². The Morgan fingerprint density at radius 3 is 2.83 bits per heavy atom. The number of aliphatic hydroxyl groups is 1. The van der Waals surface area contributed by atoms with Crippen LogP contribution in [0.5, 0.6) is 5.75 Å². The number of benzene rings is 2. The molecule has 29 heavy (non-hydrogen) atoms. The van der Waals surface area contributed by atoms with Gasteiger partial charge in [0, 0.05) is 29.7 Å². The maximum absolute atomic E-state index is 13.8. The Balaban J connectivity index is 1.44. The lowest BCUT2D eigenvalue weighted by molar-refractivity contribution is 0.0834. The Bertz CT molecular complexity index is 1050. The minimum Gasteiger partial charge on any atom is -0.494 e. The Morgan fingerprint density at radius 2 is 2.10 bits per heavy atom. The molecule has 0 saturated heterocycles. The van der Waals surface area contributed by atoms with Crippen molar-refractivity contribution in [2.24, 2.45) is 0 Å². The number of rotatable bonds is 6. The summed E-state index contributed by atoms with van der Waals surface area (Å²) in [5.74, 6) is -0.116. The fraction of sp³-hybridized carbons (Fsp3) is 0.286. The van der Waals surface area contributed by atoms with Crippen LogP contribution >= 0.6 is 0 Å². The molecule has 4 rings (SSSR count). The van der Waals surface area contributed by atoms with E-state index in [1.54, 1.807) is 30.5 Å². The molecule has 150 valence electrons. The molecule has 2 aromatic carbocycles. The van der Waals surface area contributed by atoms with Crippen LogP contribution < -0.4 is 15.4 Å². The average Bonchev–Trinajstić information content (AvgIpc) is 2.70. The summed E-state index contributed by atoms with van der Waals surface area (Å²) in [5, 5.41) is 16.2. The molecule has 7 nitrogen and oxygen atoms in total. The van der Waals surface area contributed by atoms with Crippen LogP contribution in [0.15, 0.2) is 42.6 Å². The van der Waals surface area contributed by atoms with Crippen LogP contribution in [0.4, 0.5) is 10.3 Å². The normalized spacial score (nSPS) is 18.2. The van der Waals surface area contributed by atoms with Crippen LogP contribution in [0.1, 0.15) is 28.8 Å². The van der Waals surface area contributed by atoms with Crippen molar-refractivity contribution in [2.45, 2.75) is 31.5 Å². The summed E-state index contributed by atoms with van der Waals surface area (Å²) in [4.78, 5) is 21.3. The van der Waals surface area contributed by atoms with Gasteiger partial charge in [0.1, 0.15) is 0 Å². The van der Waals surface area contributed by atoms with Gasteiger partial charge in [0.25, 0.3) is 5.91 Å². The molecular weight excluding hydrogens is 375 g/mol. The second-order valence-corrected chi connectivity index (χ2v) is 7.09. The molecule has 3 N–H and O–H groups in total. The van der Waals surface area contributed by atoms with E-state index in [2.05, 4.69) is 20.6 Å². The Morgan fingerprint density at radius 1 is 1.28 bits per heavy atom. The molecule has 1 aromatic heterocycles. The quantitative estimate of drug-likeness (QED) is 0.593. The van der Waals surface area contributed by atoms with Gasteiger partial charge in [-0.1, -0.05) is 12.1 Å². The number of aliphatic hydroxyl groups excluding tert-OH is 1. The predicted molar refractivity (Wildman–Crippen MR) is 106 cm³/mol. The number of ether oxygens (including phenoxy) is 1. The monoisotopic (exact) mass is 396 g/mol. The zero-order valence-corrected chi connectivity index (χ0v) is 15.9. The number of carbonyl (C=O) groups excluding carboxylic acids is 1. The number of carbonyl (C=O) groups is 1. The molecule has 1 saturated carbocycles. The Kier molecular flexibility index (Phi) is 5.26. The van der Waals surface area contributed by atoms with E-state index in [0.717, 1.165) is 5.39 Å². The summed E-state index contributed by atoms with van der Waals surface area (Å²) in [6, 6.07) is 9.91. The molecule has 1 heterocycles. The van der Waals surface area contributed by atoms with Crippen molar-refractivity contribution in [3.63, 3.8) is 0 Å². The third-order valence-electron chi connectivity index (χ3n) is 4.96. The largest absolute Gasteiger partial charge is 0.494 e. The average molecular weight is 396 g/mol. The lowest BCUT2D eigenvalue weighted by Gasteiger charge is -2.31. The van der Waals surface area contributed by atoms with Gasteiger partial charge >= 0.3 is 0 Å². The van der Waals surface area contributed by atoms with E-state index in [1.807, 2.05) is 0 Å². The van der Waals surface area contributed by atoms with Gasteiger partial charge < -0.3 is 20.5 Å². The molecular formula is C21H21FN4O3. The van der Waals surface area contributed by atoms with Crippen molar-refractivity contribution in [3.8, 4) is 5.75 Å². The highest BCUT2D eigenvalue weighted by atomic mass is 19.1. The van der Waals surface area contributed by atoms with E-state index in [4.69, 9.17) is 4.74 Å². The van der Waals surface area contributed by atoms with E-state index < -0.39 is 5.82 Å². The summed E-state index contributed by atoms with van der Waals surface area (Å²) in [5.41, 5.74) is 1.73. The zero-order valence-electron chi connectivity index (χ0n) is 15.9. The van der Waals surface area contributed by atoms with E-state index in [1.165, 1.54) is 19.2 Å². The van der Waals surface area contributed by atoms with E-state index >= 15 is 0 Å². The lowest BCUT2D eigenvalue weighted by atomic mass is 9.90. The predicted octanol–water partition coefficient (Wildman–Crippen LogP) is 2.64. The van der Waals surface area contributed by atoms with E-state index in [0.29, 0.717) is 35.4 Å². The van der Waals surface area contributed by atoms with Crippen molar-refractivity contribution >= 4 is 22.8 Å². The summed E-state index contributed by atoms with van der Waals surface area (Å²) >= 11 is 0. The third kappa shape index (κ3) is 4.27. The molecule has 0 aliphatic heterocycles. The number of fused-ring (bicyclic) bond motifs is 1. The molecule has 0 unspecified atom stereocenters. The molecule has 1 aliphatic rings. The van der Waals surface area contributed by atoms with Crippen molar-refractivity contribution in [2.75, 3.05) is 12.4 Å². The van der Waals surface area contributed by atoms with Gasteiger partial charge in [0.15, 0.2) is 11.6 Å².